The molecule has 0 bridgehead atoms. The second-order valence-corrected chi connectivity index (χ2v) is 5.95. The Morgan fingerprint density at radius 2 is 2.04 bits per heavy atom. The lowest BCUT2D eigenvalue weighted by Gasteiger charge is -2.37. The molecule has 6 heteroatoms. The minimum Gasteiger partial charge on any atom is -0.368 e. The number of hydrogen-bond donors (Lipinski definition) is 2. The van der Waals surface area contributed by atoms with Gasteiger partial charge in [0.1, 0.15) is 0 Å². The van der Waals surface area contributed by atoms with Crippen molar-refractivity contribution in [3.05, 3.63) is 29.8 Å². The third-order valence-corrected chi connectivity index (χ3v) is 4.34. The first-order chi connectivity index (χ1) is 10.1. The maximum absolute atomic E-state index is 12.0. The van der Waals surface area contributed by atoms with Gasteiger partial charge in [-0.1, -0.05) is 18.2 Å². The first-order valence-electron chi connectivity index (χ1n) is 7.90. The van der Waals surface area contributed by atoms with Gasteiger partial charge in [0.15, 0.2) is 0 Å². The first-order valence-corrected chi connectivity index (χ1v) is 7.90. The summed E-state index contributed by atoms with van der Waals surface area (Å²) >= 11 is 0. The van der Waals surface area contributed by atoms with Crippen LogP contribution < -0.4 is 15.5 Å². The lowest BCUT2D eigenvalue weighted by Crippen LogP contribution is -2.41. The minimum atomic E-state index is 0. The molecule has 1 aromatic rings. The average molecular weight is 362 g/mol. The number of hydrogen-bond acceptors (Lipinski definition) is 3. The zero-order chi connectivity index (χ0) is 15.2. The van der Waals surface area contributed by atoms with Crippen molar-refractivity contribution in [3.63, 3.8) is 0 Å². The number of carbonyl (C=O) groups is 1. The third-order valence-electron chi connectivity index (χ3n) is 4.34. The largest absolute Gasteiger partial charge is 0.368 e. The molecule has 1 heterocycles. The predicted molar refractivity (Wildman–Crippen MR) is 102 cm³/mol. The Bertz CT molecular complexity index is 485. The molecule has 2 unspecified atom stereocenters. The van der Waals surface area contributed by atoms with E-state index in [2.05, 4.69) is 53.6 Å². The van der Waals surface area contributed by atoms with Crippen LogP contribution in [0.1, 0.15) is 32.3 Å². The van der Waals surface area contributed by atoms with E-state index in [1.807, 2.05) is 7.05 Å². The molecule has 2 N–H and O–H groups in total. The smallest absolute Gasteiger partial charge is 0.221 e. The summed E-state index contributed by atoms with van der Waals surface area (Å²) in [6, 6.07) is 9.36. The first kappa shape index (κ1) is 22.0. The van der Waals surface area contributed by atoms with E-state index in [0.717, 1.165) is 19.4 Å². The molecule has 0 spiro atoms. The second-order valence-electron chi connectivity index (χ2n) is 5.95. The van der Waals surface area contributed by atoms with Gasteiger partial charge < -0.3 is 15.5 Å². The highest BCUT2D eigenvalue weighted by Crippen LogP contribution is 2.30. The Kier molecular flexibility index (Phi) is 10.3. The Morgan fingerprint density at radius 3 is 2.74 bits per heavy atom. The molecule has 1 aromatic carbocycles. The quantitative estimate of drug-likeness (QED) is 0.818. The van der Waals surface area contributed by atoms with Crippen LogP contribution in [0.25, 0.3) is 0 Å². The van der Waals surface area contributed by atoms with Crippen molar-refractivity contribution in [1.82, 2.24) is 10.6 Å². The molecule has 23 heavy (non-hydrogen) atoms. The second kappa shape index (κ2) is 10.7. The molecule has 0 aliphatic carbocycles. The Hall–Kier alpha value is -0.970. The molecule has 0 radical (unpaired) electrons. The van der Waals surface area contributed by atoms with Crippen LogP contribution in [0, 0.1) is 0 Å². The number of amides is 1. The van der Waals surface area contributed by atoms with Crippen molar-refractivity contribution < 1.29 is 4.79 Å². The Morgan fingerprint density at radius 1 is 1.35 bits per heavy atom. The van der Waals surface area contributed by atoms with E-state index in [4.69, 9.17) is 0 Å². The molecule has 2 rings (SSSR count). The van der Waals surface area contributed by atoms with Gasteiger partial charge in [0.2, 0.25) is 5.91 Å². The van der Waals surface area contributed by atoms with Crippen molar-refractivity contribution in [2.24, 2.45) is 0 Å². The van der Waals surface area contributed by atoms with Crippen LogP contribution in [-0.2, 0) is 11.2 Å². The van der Waals surface area contributed by atoms with Crippen molar-refractivity contribution in [3.8, 4) is 0 Å². The summed E-state index contributed by atoms with van der Waals surface area (Å²) in [6.45, 7) is 5.78. The monoisotopic (exact) mass is 361 g/mol. The van der Waals surface area contributed by atoms with Crippen LogP contribution in [-0.4, -0.2) is 38.1 Å². The number of nitrogens with zero attached hydrogens (tertiary/aromatic N) is 1. The van der Waals surface area contributed by atoms with Crippen LogP contribution in [0.5, 0.6) is 0 Å². The van der Waals surface area contributed by atoms with Gasteiger partial charge in [0.25, 0.3) is 0 Å². The molecule has 0 aromatic heterocycles. The molecular weight excluding hydrogens is 333 g/mol. The normalized spacial score (nSPS) is 17.3. The number of nitrogens with one attached hydrogen (secondary N) is 2. The SMILES string of the molecule is CNC(C)CNC(=O)CCN1c2ccccc2CCC1C.Cl.Cl. The fraction of sp³-hybridized carbons (Fsp3) is 0.588. The molecular formula is C17H29Cl2N3O. The van der Waals surface area contributed by atoms with Crippen LogP contribution in [0.15, 0.2) is 24.3 Å². The maximum atomic E-state index is 12.0. The molecule has 1 amide bonds. The third kappa shape index (κ3) is 6.21. The molecule has 4 nitrogen and oxygen atoms in total. The fourth-order valence-electron chi connectivity index (χ4n) is 2.78. The molecule has 0 fully saturated rings. The van der Waals surface area contributed by atoms with Gasteiger partial charge in [0, 0.05) is 37.3 Å². The Labute approximate surface area is 152 Å². The molecule has 1 aliphatic rings. The number of halogens is 2. The van der Waals surface area contributed by atoms with Gasteiger partial charge in [-0.05, 0) is 45.4 Å². The van der Waals surface area contributed by atoms with Crippen LogP contribution in [0.3, 0.4) is 0 Å². The van der Waals surface area contributed by atoms with E-state index in [1.54, 1.807) is 0 Å². The number of rotatable bonds is 6. The highest BCUT2D eigenvalue weighted by Gasteiger charge is 2.22. The molecule has 0 saturated heterocycles. The number of likely N-dealkylation sites (N-methyl/N-ethyl adjacent to an activating group) is 1. The standard InChI is InChI=1S/C17H27N3O.2ClH/c1-13(18-3)12-19-17(21)10-11-20-14(2)8-9-15-6-4-5-7-16(15)20;;/h4-7,13-14,18H,8-12H2,1-3H3,(H,19,21);2*1H. The number of para-hydroxylation sites is 1. The van der Waals surface area contributed by atoms with Crippen LogP contribution >= 0.6 is 24.8 Å². The van der Waals surface area contributed by atoms with E-state index in [9.17, 15) is 4.79 Å². The van der Waals surface area contributed by atoms with Crippen molar-refractivity contribution in [2.45, 2.75) is 45.2 Å². The summed E-state index contributed by atoms with van der Waals surface area (Å²) < 4.78 is 0. The highest BCUT2D eigenvalue weighted by atomic mass is 35.5. The summed E-state index contributed by atoms with van der Waals surface area (Å²) in [4.78, 5) is 14.3. The fourth-order valence-corrected chi connectivity index (χ4v) is 2.78. The van der Waals surface area contributed by atoms with Gasteiger partial charge in [-0.15, -0.1) is 24.8 Å². The molecule has 1 aliphatic heterocycles. The maximum Gasteiger partial charge on any atom is 0.221 e. The van der Waals surface area contributed by atoms with E-state index in [0.29, 0.717) is 25.0 Å². The lowest BCUT2D eigenvalue weighted by atomic mass is 9.96. The average Bonchev–Trinajstić information content (AvgIpc) is 2.51. The van der Waals surface area contributed by atoms with Gasteiger partial charge >= 0.3 is 0 Å². The van der Waals surface area contributed by atoms with Crippen LogP contribution in [0.2, 0.25) is 0 Å². The topological polar surface area (TPSA) is 44.4 Å². The van der Waals surface area contributed by atoms with Crippen LogP contribution in [0.4, 0.5) is 5.69 Å². The predicted octanol–water partition coefficient (Wildman–Crippen LogP) is 2.79. The number of fused-ring (bicyclic) bond motifs is 1. The minimum absolute atomic E-state index is 0. The zero-order valence-corrected chi connectivity index (χ0v) is 15.8. The summed E-state index contributed by atoms with van der Waals surface area (Å²) in [5, 5.41) is 6.10. The summed E-state index contributed by atoms with van der Waals surface area (Å²) in [5.41, 5.74) is 2.70. The lowest BCUT2D eigenvalue weighted by molar-refractivity contribution is -0.121. The molecule has 0 saturated carbocycles. The molecule has 132 valence electrons. The highest BCUT2D eigenvalue weighted by molar-refractivity contribution is 5.85. The van der Waals surface area contributed by atoms with Gasteiger partial charge in [-0.3, -0.25) is 4.79 Å². The van der Waals surface area contributed by atoms with Crippen molar-refractivity contribution >= 4 is 36.4 Å². The number of carbonyl (C=O) groups excluding carboxylic acids is 1. The number of aryl methyl sites for hydroxylation is 1. The van der Waals surface area contributed by atoms with Gasteiger partial charge in [-0.2, -0.15) is 0 Å². The zero-order valence-electron chi connectivity index (χ0n) is 14.2. The summed E-state index contributed by atoms with van der Waals surface area (Å²) in [7, 11) is 1.91. The Balaban J connectivity index is 0.00000242. The number of anilines is 1. The molecule has 2 atom stereocenters. The van der Waals surface area contributed by atoms with Crippen molar-refractivity contribution in [2.75, 3.05) is 25.0 Å². The van der Waals surface area contributed by atoms with E-state index >= 15 is 0 Å². The summed E-state index contributed by atoms with van der Waals surface area (Å²) in [5.74, 6) is 0.132. The number of benzene rings is 1. The van der Waals surface area contributed by atoms with Crippen molar-refractivity contribution in [1.29, 1.82) is 0 Å². The van der Waals surface area contributed by atoms with E-state index in [1.165, 1.54) is 11.3 Å². The van der Waals surface area contributed by atoms with E-state index in [-0.39, 0.29) is 30.7 Å². The van der Waals surface area contributed by atoms with Gasteiger partial charge in [-0.25, -0.2) is 0 Å². The van der Waals surface area contributed by atoms with E-state index < -0.39 is 0 Å². The van der Waals surface area contributed by atoms with Gasteiger partial charge in [0.05, 0.1) is 0 Å². The summed E-state index contributed by atoms with van der Waals surface area (Å²) in [6.07, 6.45) is 2.85.